The van der Waals surface area contributed by atoms with Gasteiger partial charge in [-0.2, -0.15) is 4.21 Å². The van der Waals surface area contributed by atoms with Crippen LogP contribution >= 0.6 is 0 Å². The van der Waals surface area contributed by atoms with Crippen LogP contribution in [0.5, 0.6) is 0 Å². The van der Waals surface area contributed by atoms with Crippen molar-refractivity contribution < 1.29 is 85.7 Å². The van der Waals surface area contributed by atoms with Crippen molar-refractivity contribution in [2.24, 2.45) is 0 Å². The molecule has 0 bridgehead atoms. The van der Waals surface area contributed by atoms with Crippen LogP contribution in [-0.2, 0) is 40.5 Å². The van der Waals surface area contributed by atoms with E-state index in [1.54, 1.807) is 0 Å². The SMILES string of the molecule is O=S(O)(O)=S.O=S([O-])([O-])=S.[Na+].[Na+]. The topological polar surface area (TPSA) is 121 Å². The first kappa shape index (κ1) is 24.0. The maximum Gasteiger partial charge on any atom is 1.00 e. The molecule has 0 aromatic rings. The molecule has 0 aliphatic carbocycles. The average molecular weight is 272 g/mol. The molecule has 0 saturated carbocycles. The molecule has 0 heterocycles. The summed E-state index contributed by atoms with van der Waals surface area (Å²) in [7, 11) is -8.17. The van der Waals surface area contributed by atoms with Crippen molar-refractivity contribution in [1.82, 2.24) is 0 Å². The van der Waals surface area contributed by atoms with Gasteiger partial charge in [-0.3, -0.25) is 13.3 Å². The Morgan fingerprint density at radius 3 is 1.00 bits per heavy atom. The quantitative estimate of drug-likeness (QED) is 0.417. The van der Waals surface area contributed by atoms with Gasteiger partial charge in [-0.15, -0.1) is 9.05 Å². The third kappa shape index (κ3) is 253. The molecule has 0 aromatic heterocycles. The first-order valence-electron chi connectivity index (χ1n) is 1.37. The van der Waals surface area contributed by atoms with E-state index in [-0.39, 0.29) is 59.1 Å². The van der Waals surface area contributed by atoms with Crippen molar-refractivity contribution in [3.05, 3.63) is 0 Å². The van der Waals surface area contributed by atoms with Crippen LogP contribution in [0.4, 0.5) is 0 Å². The molecule has 12 heteroatoms. The second-order valence-corrected chi connectivity index (χ2v) is 5.10. The van der Waals surface area contributed by atoms with Crippen LogP contribution in [0.25, 0.3) is 0 Å². The van der Waals surface area contributed by atoms with E-state index < -0.39 is 18.1 Å². The monoisotopic (exact) mass is 272 g/mol. The van der Waals surface area contributed by atoms with Crippen molar-refractivity contribution >= 4 is 40.5 Å². The maximum absolute atomic E-state index is 9.11. The van der Waals surface area contributed by atoms with Crippen LogP contribution in [-0.4, -0.2) is 26.6 Å². The summed E-state index contributed by atoms with van der Waals surface area (Å²) >= 11 is 6.71. The summed E-state index contributed by atoms with van der Waals surface area (Å²) in [5.41, 5.74) is 0. The average Bonchev–Trinajstić information content (AvgIpc) is 1.12. The van der Waals surface area contributed by atoms with Crippen molar-refractivity contribution in [3.63, 3.8) is 0 Å². The predicted octanol–water partition coefficient (Wildman–Crippen LogP) is -7.32. The molecule has 12 heavy (non-hydrogen) atoms. The summed E-state index contributed by atoms with van der Waals surface area (Å²) in [6.45, 7) is 0. The second kappa shape index (κ2) is 10.1. The van der Waals surface area contributed by atoms with Gasteiger partial charge in [0.2, 0.25) is 0 Å². The first-order chi connectivity index (χ1) is 4.00. The van der Waals surface area contributed by atoms with Crippen LogP contribution in [0, 0.1) is 0 Å². The summed E-state index contributed by atoms with van der Waals surface area (Å²) in [5.74, 6) is 0. The van der Waals surface area contributed by atoms with E-state index in [0.717, 1.165) is 0 Å². The van der Waals surface area contributed by atoms with Gasteiger partial charge in [0, 0.05) is 11.2 Å². The molecule has 0 saturated heterocycles. The zero-order chi connectivity index (χ0) is 9.00. The fourth-order valence-electron chi connectivity index (χ4n) is 0. The summed E-state index contributed by atoms with van der Waals surface area (Å²) in [6, 6.07) is 0. The van der Waals surface area contributed by atoms with E-state index in [1.807, 2.05) is 0 Å². The predicted molar refractivity (Wildman–Crippen MR) is 37.8 cm³/mol. The van der Waals surface area contributed by atoms with E-state index in [9.17, 15) is 0 Å². The largest absolute Gasteiger partial charge is 1.00 e. The molecule has 0 rings (SSSR count). The van der Waals surface area contributed by atoms with E-state index >= 15 is 0 Å². The Balaban J connectivity index is -0.0000000457. The molecule has 0 spiro atoms. The number of rotatable bonds is 0. The summed E-state index contributed by atoms with van der Waals surface area (Å²) in [6.07, 6.45) is 0. The molecule has 0 radical (unpaired) electrons. The van der Waals surface area contributed by atoms with Gasteiger partial charge in [0.15, 0.2) is 0 Å². The van der Waals surface area contributed by atoms with Crippen molar-refractivity contribution in [3.8, 4) is 0 Å². The summed E-state index contributed by atoms with van der Waals surface area (Å²) in [5, 5.41) is 0. The third-order valence-corrected chi connectivity index (χ3v) is 0. The van der Waals surface area contributed by atoms with Gasteiger partial charge >= 0.3 is 59.1 Å². The Hall–Kier alpha value is 2.58. The van der Waals surface area contributed by atoms with Gasteiger partial charge in [-0.25, -0.2) is 0 Å². The van der Waals surface area contributed by atoms with Gasteiger partial charge in [0.1, 0.15) is 0 Å². The van der Waals surface area contributed by atoms with Gasteiger partial charge < -0.3 is 9.11 Å². The Bertz CT molecular complexity index is 214. The summed E-state index contributed by atoms with van der Waals surface area (Å²) < 4.78 is 50.6. The van der Waals surface area contributed by atoms with E-state index in [2.05, 4.69) is 22.4 Å². The molecular weight excluding hydrogens is 270 g/mol. The zero-order valence-electron chi connectivity index (χ0n) is 6.16. The molecule has 64 valence electrons. The minimum absolute atomic E-state index is 0. The van der Waals surface area contributed by atoms with Crippen LogP contribution in [0.2, 0.25) is 0 Å². The number of hydrogen-bond donors (Lipinski definition) is 2. The van der Waals surface area contributed by atoms with Crippen LogP contribution in [0.15, 0.2) is 0 Å². The van der Waals surface area contributed by atoms with Crippen molar-refractivity contribution in [2.45, 2.75) is 0 Å². The summed E-state index contributed by atoms with van der Waals surface area (Å²) in [4.78, 5) is 0. The van der Waals surface area contributed by atoms with Crippen LogP contribution < -0.4 is 59.1 Å². The zero-order valence-corrected chi connectivity index (χ0v) is 13.4. The molecule has 0 aliphatic rings. The maximum atomic E-state index is 9.11. The molecule has 0 aliphatic heterocycles. The molecule has 0 atom stereocenters. The minimum atomic E-state index is -4.33. The number of hydrogen-bond acceptors (Lipinski definition) is 6. The molecule has 0 fully saturated rings. The van der Waals surface area contributed by atoms with Gasteiger partial charge in [0.25, 0.3) is 9.05 Å². The molecule has 0 aromatic carbocycles. The third-order valence-electron chi connectivity index (χ3n) is 0. The smallest absolute Gasteiger partial charge is 0.780 e. The first-order valence-corrected chi connectivity index (χ1v) is 6.10. The molecular formula is H2Na2O6S4. The molecule has 2 N–H and O–H groups in total. The van der Waals surface area contributed by atoms with Gasteiger partial charge in [0.05, 0.1) is 0 Å². The van der Waals surface area contributed by atoms with Crippen molar-refractivity contribution in [1.29, 1.82) is 0 Å². The Morgan fingerprint density at radius 2 is 1.00 bits per heavy atom. The normalized spacial score (nSPS) is 9.67. The van der Waals surface area contributed by atoms with E-state index in [0.29, 0.717) is 0 Å². The Kier molecular flexibility index (Phi) is 20.2. The Morgan fingerprint density at radius 1 is 1.00 bits per heavy atom. The fourth-order valence-corrected chi connectivity index (χ4v) is 0. The van der Waals surface area contributed by atoms with Crippen LogP contribution in [0.1, 0.15) is 0 Å². The molecule has 0 unspecified atom stereocenters. The minimum Gasteiger partial charge on any atom is -0.780 e. The Labute approximate surface area is 124 Å². The molecule has 6 nitrogen and oxygen atoms in total. The second-order valence-electron chi connectivity index (χ2n) is 0.856. The molecule has 0 amide bonds. The fraction of sp³-hybridized carbons (Fsp3) is 0. The van der Waals surface area contributed by atoms with E-state index in [4.69, 9.17) is 26.6 Å². The standard InChI is InChI=1S/2Na.2H2O3S2/c;;2*1-5(2,3)4/h;;2*(H2,1,2,3,4)/q2*+1;;/p-2. The van der Waals surface area contributed by atoms with Crippen LogP contribution in [0.3, 0.4) is 0 Å². The van der Waals surface area contributed by atoms with Gasteiger partial charge in [-0.1, -0.05) is 0 Å². The van der Waals surface area contributed by atoms with Crippen molar-refractivity contribution in [2.75, 3.05) is 0 Å². The van der Waals surface area contributed by atoms with E-state index in [1.165, 1.54) is 0 Å². The van der Waals surface area contributed by atoms with Gasteiger partial charge in [-0.05, 0) is 11.2 Å².